The van der Waals surface area contributed by atoms with Gasteiger partial charge in [0.15, 0.2) is 0 Å². The van der Waals surface area contributed by atoms with E-state index in [0.717, 1.165) is 16.7 Å². The highest BCUT2D eigenvalue weighted by Crippen LogP contribution is 2.26. The minimum absolute atomic E-state index is 0.340. The third kappa shape index (κ3) is 2.50. The van der Waals surface area contributed by atoms with Gasteiger partial charge in [0.05, 0.1) is 0 Å². The van der Waals surface area contributed by atoms with Crippen molar-refractivity contribution >= 4 is 23.5 Å². The van der Waals surface area contributed by atoms with Gasteiger partial charge < -0.3 is 0 Å². The van der Waals surface area contributed by atoms with Gasteiger partial charge in [-0.25, -0.2) is 0 Å². The van der Waals surface area contributed by atoms with Gasteiger partial charge in [-0.05, 0) is 37.1 Å². The predicted octanol–water partition coefficient (Wildman–Crippen LogP) is 3.11. The third-order valence-corrected chi connectivity index (χ3v) is 3.49. The number of aryl methyl sites for hydroxylation is 2. The summed E-state index contributed by atoms with van der Waals surface area (Å²) in [5.74, 6) is -0.689. The number of benzene rings is 2. The molecule has 3 rings (SSSR count). The summed E-state index contributed by atoms with van der Waals surface area (Å²) in [4.78, 5) is 24.0. The molecule has 0 saturated carbocycles. The Morgan fingerprint density at radius 3 is 2.14 bits per heavy atom. The molecule has 0 aromatic heterocycles. The molecule has 0 spiro atoms. The van der Waals surface area contributed by atoms with Gasteiger partial charge >= 0.3 is 0 Å². The van der Waals surface area contributed by atoms with Crippen LogP contribution in [0.25, 0.3) is 11.6 Å². The molecule has 1 heterocycles. The zero-order chi connectivity index (χ0) is 15.0. The smallest absolute Gasteiger partial charge is 0.258 e. The normalized spacial score (nSPS) is 15.8. The number of fused-ring (bicyclic) bond motifs is 1. The predicted molar refractivity (Wildman–Crippen MR) is 82.7 cm³/mol. The topological polar surface area (TPSA) is 46.2 Å². The van der Waals surface area contributed by atoms with Crippen molar-refractivity contribution in [3.05, 3.63) is 70.3 Å². The average molecular weight is 277 g/mol. The van der Waals surface area contributed by atoms with Crippen molar-refractivity contribution in [2.45, 2.75) is 13.8 Å². The van der Waals surface area contributed by atoms with Gasteiger partial charge in [-0.1, -0.05) is 47.5 Å². The van der Waals surface area contributed by atoms with E-state index >= 15 is 0 Å². The van der Waals surface area contributed by atoms with Crippen molar-refractivity contribution in [3.63, 3.8) is 0 Å². The van der Waals surface area contributed by atoms with E-state index in [4.69, 9.17) is 0 Å². The third-order valence-electron chi connectivity index (χ3n) is 3.49. The summed E-state index contributed by atoms with van der Waals surface area (Å²) in [6.07, 6.45) is 1.83. The van der Waals surface area contributed by atoms with Gasteiger partial charge in [-0.3, -0.25) is 14.9 Å². The molecule has 0 fully saturated rings. The molecule has 0 atom stereocenters. The van der Waals surface area contributed by atoms with Crippen LogP contribution in [-0.4, -0.2) is 11.8 Å². The molecule has 1 N–H and O–H groups in total. The van der Waals surface area contributed by atoms with Crippen molar-refractivity contribution < 1.29 is 9.59 Å². The lowest BCUT2D eigenvalue weighted by Gasteiger charge is -2.18. The first-order chi connectivity index (χ1) is 10.0. The van der Waals surface area contributed by atoms with E-state index in [9.17, 15) is 9.59 Å². The molecule has 1 aliphatic heterocycles. The molecule has 2 aromatic carbocycles. The molecule has 3 nitrogen and oxygen atoms in total. The fraction of sp³-hybridized carbons (Fsp3) is 0.111. The molecule has 0 radical (unpaired) electrons. The number of imide groups is 1. The monoisotopic (exact) mass is 277 g/mol. The Morgan fingerprint density at radius 2 is 1.48 bits per heavy atom. The second kappa shape index (κ2) is 5.02. The highest BCUT2D eigenvalue weighted by atomic mass is 16.2. The molecule has 1 aliphatic rings. The molecular weight excluding hydrogens is 262 g/mol. The summed E-state index contributed by atoms with van der Waals surface area (Å²) in [5.41, 5.74) is 4.99. The van der Waals surface area contributed by atoms with E-state index in [0.29, 0.717) is 16.7 Å². The van der Waals surface area contributed by atoms with Crippen LogP contribution >= 0.6 is 0 Å². The van der Waals surface area contributed by atoms with Gasteiger partial charge in [-0.2, -0.15) is 0 Å². The maximum absolute atomic E-state index is 12.1. The van der Waals surface area contributed by atoms with Gasteiger partial charge in [-0.15, -0.1) is 0 Å². The summed E-state index contributed by atoms with van der Waals surface area (Å²) in [6.45, 7) is 4.04. The van der Waals surface area contributed by atoms with Crippen LogP contribution < -0.4 is 5.32 Å². The molecule has 2 aromatic rings. The van der Waals surface area contributed by atoms with Crippen LogP contribution in [0.2, 0.25) is 0 Å². The van der Waals surface area contributed by atoms with Crippen LogP contribution in [-0.2, 0) is 4.79 Å². The fourth-order valence-corrected chi connectivity index (χ4v) is 2.68. The second-order valence-electron chi connectivity index (χ2n) is 5.31. The Labute approximate surface area is 123 Å². The molecule has 0 unspecified atom stereocenters. The Hall–Kier alpha value is -2.68. The van der Waals surface area contributed by atoms with Gasteiger partial charge in [0.25, 0.3) is 11.8 Å². The number of amides is 2. The highest BCUT2D eigenvalue weighted by Gasteiger charge is 2.26. The summed E-state index contributed by atoms with van der Waals surface area (Å²) >= 11 is 0. The number of carbonyl (C=O) groups is 2. The Kier molecular flexibility index (Phi) is 3.18. The first-order valence-corrected chi connectivity index (χ1v) is 6.79. The summed E-state index contributed by atoms with van der Waals surface area (Å²) in [5, 5.41) is 2.39. The molecule has 0 bridgehead atoms. The van der Waals surface area contributed by atoms with Crippen molar-refractivity contribution in [1.82, 2.24) is 5.32 Å². The average Bonchev–Trinajstić information content (AvgIpc) is 2.42. The van der Waals surface area contributed by atoms with Crippen molar-refractivity contribution in [3.8, 4) is 0 Å². The zero-order valence-electron chi connectivity index (χ0n) is 11.9. The number of carbonyl (C=O) groups excluding carboxylic acids is 2. The van der Waals surface area contributed by atoms with Crippen molar-refractivity contribution in [2.24, 2.45) is 0 Å². The van der Waals surface area contributed by atoms with E-state index in [1.54, 1.807) is 18.2 Å². The molecule has 0 saturated heterocycles. The number of rotatable bonds is 1. The molecule has 3 heteroatoms. The van der Waals surface area contributed by atoms with E-state index < -0.39 is 0 Å². The summed E-state index contributed by atoms with van der Waals surface area (Å²) < 4.78 is 0. The van der Waals surface area contributed by atoms with Crippen LogP contribution in [0.3, 0.4) is 0 Å². The largest absolute Gasteiger partial charge is 0.288 e. The Morgan fingerprint density at radius 1 is 0.857 bits per heavy atom. The maximum Gasteiger partial charge on any atom is 0.258 e. The first kappa shape index (κ1) is 13.3. The van der Waals surface area contributed by atoms with Gasteiger partial charge in [0, 0.05) is 11.1 Å². The fourth-order valence-electron chi connectivity index (χ4n) is 2.68. The molecule has 0 aliphatic carbocycles. The number of nitrogens with one attached hydrogen (secondary N) is 1. The van der Waals surface area contributed by atoms with E-state index in [1.165, 1.54) is 0 Å². The van der Waals surface area contributed by atoms with E-state index in [-0.39, 0.29) is 11.8 Å². The maximum atomic E-state index is 12.1. The quantitative estimate of drug-likeness (QED) is 0.643. The zero-order valence-corrected chi connectivity index (χ0v) is 11.9. The molecule has 104 valence electrons. The number of hydrogen-bond acceptors (Lipinski definition) is 2. The standard InChI is InChI=1S/C18H15NO2/c1-11-7-12(2)9-13(8-11)10-16-14-5-3-4-6-15(14)17(20)19-18(16)21/h3-10H,1-2H3,(H,19,20,21). The van der Waals surface area contributed by atoms with Crippen molar-refractivity contribution in [2.75, 3.05) is 0 Å². The molecule has 2 amide bonds. The minimum atomic E-state index is -0.349. The SMILES string of the molecule is Cc1cc(C)cc(C=C2C(=O)NC(=O)c3ccccc32)c1. The van der Waals surface area contributed by atoms with Crippen LogP contribution in [0.5, 0.6) is 0 Å². The molecule has 21 heavy (non-hydrogen) atoms. The number of hydrogen-bond donors (Lipinski definition) is 1. The summed E-state index contributed by atoms with van der Waals surface area (Å²) in [6, 6.07) is 13.3. The lowest BCUT2D eigenvalue weighted by Crippen LogP contribution is -2.36. The van der Waals surface area contributed by atoms with Gasteiger partial charge in [0.2, 0.25) is 0 Å². The van der Waals surface area contributed by atoms with E-state index in [1.807, 2.05) is 38.1 Å². The van der Waals surface area contributed by atoms with Crippen LogP contribution in [0.4, 0.5) is 0 Å². The van der Waals surface area contributed by atoms with Crippen molar-refractivity contribution in [1.29, 1.82) is 0 Å². The van der Waals surface area contributed by atoms with Crippen LogP contribution in [0.15, 0.2) is 42.5 Å². The second-order valence-corrected chi connectivity index (χ2v) is 5.31. The minimum Gasteiger partial charge on any atom is -0.288 e. The lowest BCUT2D eigenvalue weighted by atomic mass is 9.93. The molecular formula is C18H15NO2. The summed E-state index contributed by atoms with van der Waals surface area (Å²) in [7, 11) is 0. The highest BCUT2D eigenvalue weighted by molar-refractivity contribution is 6.33. The lowest BCUT2D eigenvalue weighted by molar-refractivity contribution is -0.114. The van der Waals surface area contributed by atoms with Crippen LogP contribution in [0, 0.1) is 13.8 Å². The van der Waals surface area contributed by atoms with Gasteiger partial charge in [0.1, 0.15) is 0 Å². The van der Waals surface area contributed by atoms with E-state index in [2.05, 4.69) is 11.4 Å². The first-order valence-electron chi connectivity index (χ1n) is 6.79. The Bertz CT molecular complexity index is 767. The van der Waals surface area contributed by atoms with Crippen LogP contribution in [0.1, 0.15) is 32.6 Å². The Balaban J connectivity index is 2.17.